The average molecular weight is 304 g/mol. The van der Waals surface area contributed by atoms with E-state index in [0.717, 1.165) is 38.5 Å². The van der Waals surface area contributed by atoms with E-state index in [0.29, 0.717) is 18.3 Å². The summed E-state index contributed by atoms with van der Waals surface area (Å²) in [6.45, 7) is 4.52. The lowest BCUT2D eigenvalue weighted by Gasteiger charge is -2.56. The zero-order valence-electron chi connectivity index (χ0n) is 13.7. The molecule has 0 heterocycles. The van der Waals surface area contributed by atoms with Crippen molar-refractivity contribution in [1.82, 2.24) is 0 Å². The molecule has 3 fully saturated rings. The van der Waals surface area contributed by atoms with E-state index in [9.17, 15) is 15.0 Å². The molecule has 3 heteroatoms. The number of rotatable bonds is 0. The average Bonchev–Trinajstić information content (AvgIpc) is 2.77. The van der Waals surface area contributed by atoms with Crippen LogP contribution in [0.15, 0.2) is 11.6 Å². The maximum atomic E-state index is 12.9. The van der Waals surface area contributed by atoms with Crippen molar-refractivity contribution in [3.05, 3.63) is 11.6 Å². The van der Waals surface area contributed by atoms with Crippen LogP contribution in [-0.2, 0) is 4.79 Å². The summed E-state index contributed by atoms with van der Waals surface area (Å²) in [4.78, 5) is 12.9. The maximum Gasteiger partial charge on any atom is 0.159 e. The van der Waals surface area contributed by atoms with Gasteiger partial charge in [0.1, 0.15) is 0 Å². The van der Waals surface area contributed by atoms with Gasteiger partial charge in [0.05, 0.1) is 12.2 Å². The fraction of sp³-hybridized carbons (Fsp3) is 0.842. The van der Waals surface area contributed by atoms with Crippen molar-refractivity contribution < 1.29 is 15.0 Å². The lowest BCUT2D eigenvalue weighted by atomic mass is 9.47. The topological polar surface area (TPSA) is 57.5 Å². The molecule has 22 heavy (non-hydrogen) atoms. The smallest absolute Gasteiger partial charge is 0.159 e. The molecule has 0 aromatic carbocycles. The minimum Gasteiger partial charge on any atom is -0.393 e. The Morgan fingerprint density at radius 1 is 1.05 bits per heavy atom. The Kier molecular flexibility index (Phi) is 3.16. The lowest BCUT2D eigenvalue weighted by Crippen LogP contribution is -2.54. The quantitative estimate of drug-likeness (QED) is 0.723. The Bertz CT molecular complexity index is 539. The number of carbonyl (C=O) groups excluding carboxylic acids is 1. The summed E-state index contributed by atoms with van der Waals surface area (Å²) < 4.78 is 0. The van der Waals surface area contributed by atoms with E-state index in [1.165, 1.54) is 5.57 Å². The van der Waals surface area contributed by atoms with E-state index in [4.69, 9.17) is 0 Å². The van der Waals surface area contributed by atoms with Gasteiger partial charge < -0.3 is 10.2 Å². The molecule has 0 amide bonds. The van der Waals surface area contributed by atoms with E-state index in [2.05, 4.69) is 13.8 Å². The first-order valence-electron chi connectivity index (χ1n) is 8.97. The number of carbonyl (C=O) groups is 1. The van der Waals surface area contributed by atoms with Crippen molar-refractivity contribution in [2.75, 3.05) is 0 Å². The molecule has 0 radical (unpaired) electrons. The minimum atomic E-state index is -0.272. The summed E-state index contributed by atoms with van der Waals surface area (Å²) in [5.41, 5.74) is 1.22. The van der Waals surface area contributed by atoms with E-state index in [-0.39, 0.29) is 34.7 Å². The van der Waals surface area contributed by atoms with Gasteiger partial charge in [0, 0.05) is 5.92 Å². The van der Waals surface area contributed by atoms with Crippen molar-refractivity contribution in [2.24, 2.45) is 28.6 Å². The number of allylic oxidation sites excluding steroid dienone is 1. The van der Waals surface area contributed by atoms with Crippen molar-refractivity contribution >= 4 is 5.78 Å². The van der Waals surface area contributed by atoms with Crippen molar-refractivity contribution in [1.29, 1.82) is 0 Å². The lowest BCUT2D eigenvalue weighted by molar-refractivity contribution is -0.136. The molecule has 3 saturated carbocycles. The summed E-state index contributed by atoms with van der Waals surface area (Å²) in [5, 5.41) is 20.4. The van der Waals surface area contributed by atoms with Crippen molar-refractivity contribution in [2.45, 2.75) is 71.0 Å². The zero-order chi connectivity index (χ0) is 15.7. The van der Waals surface area contributed by atoms with Gasteiger partial charge >= 0.3 is 0 Å². The highest BCUT2D eigenvalue weighted by molar-refractivity contribution is 5.94. The van der Waals surface area contributed by atoms with Crippen LogP contribution in [0.25, 0.3) is 0 Å². The first-order chi connectivity index (χ1) is 10.4. The second-order valence-corrected chi connectivity index (χ2v) is 8.76. The van der Waals surface area contributed by atoms with Crippen LogP contribution in [0.4, 0.5) is 0 Å². The molecule has 0 spiro atoms. The minimum absolute atomic E-state index is 0.0628. The van der Waals surface area contributed by atoms with Crippen LogP contribution >= 0.6 is 0 Å². The third-order valence-electron chi connectivity index (χ3n) is 7.87. The predicted octanol–water partition coefficient (Wildman–Crippen LogP) is 2.85. The molecule has 4 aliphatic carbocycles. The standard InChI is InChI=1S/C19H28O3/c1-18-7-5-12(20)9-11(18)10-15(21)17-13-3-4-16(22)19(13,2)8-6-14(17)18/h10,12-14,16-17,20,22H,3-9H2,1-2H3/t12-,13+,14+,16+,17+,18+,19+/m1/s1. The van der Waals surface area contributed by atoms with Crippen LogP contribution in [0.5, 0.6) is 0 Å². The molecule has 4 aliphatic rings. The molecule has 0 aromatic heterocycles. The number of aliphatic hydroxyl groups is 2. The first kappa shape index (κ1) is 14.9. The monoisotopic (exact) mass is 304 g/mol. The number of hydrogen-bond acceptors (Lipinski definition) is 3. The Hall–Kier alpha value is -0.670. The number of aliphatic hydroxyl groups excluding tert-OH is 2. The normalized spacial score (nSPS) is 54.3. The molecule has 0 aromatic rings. The van der Waals surface area contributed by atoms with Crippen molar-refractivity contribution in [3.8, 4) is 0 Å². The molecule has 0 bridgehead atoms. The Labute approximate surface area is 132 Å². The van der Waals surface area contributed by atoms with Crippen molar-refractivity contribution in [3.63, 3.8) is 0 Å². The van der Waals surface area contributed by atoms with Gasteiger partial charge in [0.2, 0.25) is 0 Å². The number of hydrogen-bond donors (Lipinski definition) is 2. The Morgan fingerprint density at radius 2 is 1.82 bits per heavy atom. The third kappa shape index (κ3) is 1.78. The summed E-state index contributed by atoms with van der Waals surface area (Å²) in [5.74, 6) is 1.13. The van der Waals surface area contributed by atoms with Gasteiger partial charge in [0.25, 0.3) is 0 Å². The number of ketones is 1. The highest BCUT2D eigenvalue weighted by Gasteiger charge is 2.60. The summed E-state index contributed by atoms with van der Waals surface area (Å²) in [6, 6.07) is 0. The first-order valence-corrected chi connectivity index (χ1v) is 8.97. The summed E-state index contributed by atoms with van der Waals surface area (Å²) in [7, 11) is 0. The van der Waals surface area contributed by atoms with Gasteiger partial charge in [-0.2, -0.15) is 0 Å². The van der Waals surface area contributed by atoms with Crippen LogP contribution in [0.2, 0.25) is 0 Å². The fourth-order valence-corrected chi connectivity index (χ4v) is 6.36. The van der Waals surface area contributed by atoms with Gasteiger partial charge in [-0.15, -0.1) is 0 Å². The van der Waals surface area contributed by atoms with Gasteiger partial charge in [-0.25, -0.2) is 0 Å². The van der Waals surface area contributed by atoms with Gasteiger partial charge in [-0.1, -0.05) is 19.4 Å². The van der Waals surface area contributed by atoms with Crippen LogP contribution in [0, 0.1) is 28.6 Å². The van der Waals surface area contributed by atoms with E-state index >= 15 is 0 Å². The molecule has 0 saturated heterocycles. The van der Waals surface area contributed by atoms with Crippen LogP contribution in [-0.4, -0.2) is 28.2 Å². The van der Waals surface area contributed by atoms with Crippen LogP contribution in [0.1, 0.15) is 58.8 Å². The molecule has 3 nitrogen and oxygen atoms in total. The van der Waals surface area contributed by atoms with E-state index < -0.39 is 0 Å². The highest BCUT2D eigenvalue weighted by Crippen LogP contribution is 2.63. The maximum absolute atomic E-state index is 12.9. The summed E-state index contributed by atoms with van der Waals surface area (Å²) >= 11 is 0. The molecule has 2 N–H and O–H groups in total. The number of fused-ring (bicyclic) bond motifs is 5. The Balaban J connectivity index is 1.75. The molecular formula is C19H28O3. The van der Waals surface area contributed by atoms with Gasteiger partial charge in [-0.05, 0) is 73.7 Å². The fourth-order valence-electron chi connectivity index (χ4n) is 6.36. The van der Waals surface area contributed by atoms with Crippen LogP contribution in [0.3, 0.4) is 0 Å². The van der Waals surface area contributed by atoms with E-state index in [1.54, 1.807) is 0 Å². The molecule has 4 rings (SSSR count). The third-order valence-corrected chi connectivity index (χ3v) is 7.87. The highest BCUT2D eigenvalue weighted by atomic mass is 16.3. The predicted molar refractivity (Wildman–Crippen MR) is 84.1 cm³/mol. The largest absolute Gasteiger partial charge is 0.393 e. The molecule has 0 unspecified atom stereocenters. The second kappa shape index (κ2) is 4.67. The molecule has 122 valence electrons. The van der Waals surface area contributed by atoms with Gasteiger partial charge in [0.15, 0.2) is 5.78 Å². The zero-order valence-corrected chi connectivity index (χ0v) is 13.7. The SMILES string of the molecule is C[C@]12CC[C@H]3[C@@H](C(=O)C=C4C[C@H](O)CC[C@@]43C)[C@@H]1CC[C@@H]2O. The second-order valence-electron chi connectivity index (χ2n) is 8.76. The van der Waals surface area contributed by atoms with Crippen LogP contribution < -0.4 is 0 Å². The molecular weight excluding hydrogens is 276 g/mol. The summed E-state index contributed by atoms with van der Waals surface area (Å²) in [6.07, 6.45) is 7.83. The van der Waals surface area contributed by atoms with Gasteiger partial charge in [-0.3, -0.25) is 4.79 Å². The molecule has 7 atom stereocenters. The molecule has 0 aliphatic heterocycles. The van der Waals surface area contributed by atoms with E-state index in [1.807, 2.05) is 6.08 Å². The Morgan fingerprint density at radius 3 is 2.59 bits per heavy atom.